The summed E-state index contributed by atoms with van der Waals surface area (Å²) in [7, 11) is -3.25. The van der Waals surface area contributed by atoms with Gasteiger partial charge in [-0.2, -0.15) is 17.0 Å². The van der Waals surface area contributed by atoms with E-state index in [0.717, 1.165) is 37.4 Å². The first-order valence-corrected chi connectivity index (χ1v) is 9.59. The number of nitrogens with one attached hydrogen (secondary N) is 1. The van der Waals surface area contributed by atoms with Crippen molar-refractivity contribution in [1.82, 2.24) is 13.9 Å². The summed E-state index contributed by atoms with van der Waals surface area (Å²) in [5.74, 6) is 0.639. The molecule has 0 aromatic rings. The van der Waals surface area contributed by atoms with Gasteiger partial charge in [0, 0.05) is 32.2 Å². The summed E-state index contributed by atoms with van der Waals surface area (Å²) in [6.45, 7) is 5.62. The van der Waals surface area contributed by atoms with E-state index in [0.29, 0.717) is 32.1 Å². The molecule has 0 atom stereocenters. The van der Waals surface area contributed by atoms with Crippen molar-refractivity contribution in [2.24, 2.45) is 5.92 Å². The molecule has 21 heavy (non-hydrogen) atoms. The predicted octanol–water partition coefficient (Wildman–Crippen LogP) is 1.35. The Balaban J connectivity index is 1.51. The van der Waals surface area contributed by atoms with Gasteiger partial charge in [0.05, 0.1) is 0 Å². The van der Waals surface area contributed by atoms with E-state index in [2.05, 4.69) is 11.4 Å². The monoisotopic (exact) mass is 313 g/mol. The lowest BCUT2D eigenvalue weighted by Crippen LogP contribution is -2.49. The normalized spacial score (nSPS) is 26.8. The van der Waals surface area contributed by atoms with Crippen molar-refractivity contribution in [2.75, 3.05) is 32.7 Å². The molecule has 1 saturated carbocycles. The number of piperidine rings is 1. The molecule has 0 amide bonds. The van der Waals surface area contributed by atoms with E-state index in [1.54, 1.807) is 8.61 Å². The third kappa shape index (κ3) is 3.86. The average molecular weight is 313 g/mol. The largest absolute Gasteiger partial charge is 0.314 e. The number of hydrogen-bond donors (Lipinski definition) is 1. The SMILES string of the molecule is CC1=CCCN(S(=O)(=O)N2CCC(CNC3CC3)CC2)C1. The molecule has 0 spiro atoms. The Morgan fingerprint density at radius 1 is 1.14 bits per heavy atom. The molecule has 2 heterocycles. The highest BCUT2D eigenvalue weighted by Gasteiger charge is 2.33. The van der Waals surface area contributed by atoms with Crippen molar-refractivity contribution in [3.05, 3.63) is 11.6 Å². The minimum Gasteiger partial charge on any atom is -0.314 e. The Kier molecular flexibility index (Phi) is 4.69. The Morgan fingerprint density at radius 2 is 1.86 bits per heavy atom. The van der Waals surface area contributed by atoms with Gasteiger partial charge in [-0.1, -0.05) is 11.6 Å². The summed E-state index contributed by atoms with van der Waals surface area (Å²) in [5.41, 5.74) is 1.16. The Bertz CT molecular complexity index is 491. The molecule has 0 unspecified atom stereocenters. The van der Waals surface area contributed by atoms with Crippen LogP contribution in [0.5, 0.6) is 0 Å². The molecule has 0 aromatic carbocycles. The predicted molar refractivity (Wildman–Crippen MR) is 84.2 cm³/mol. The highest BCUT2D eigenvalue weighted by molar-refractivity contribution is 7.86. The van der Waals surface area contributed by atoms with E-state index in [4.69, 9.17) is 0 Å². The van der Waals surface area contributed by atoms with E-state index in [9.17, 15) is 8.42 Å². The standard InChI is InChI=1S/C15H27N3O2S/c1-13-3-2-8-18(12-13)21(19,20)17-9-6-14(7-10-17)11-16-15-4-5-15/h3,14-16H,2,4-12H2,1H3. The molecule has 0 radical (unpaired) electrons. The van der Waals surface area contributed by atoms with Gasteiger partial charge in [0.1, 0.15) is 0 Å². The fourth-order valence-electron chi connectivity index (χ4n) is 3.20. The lowest BCUT2D eigenvalue weighted by atomic mass is 9.98. The van der Waals surface area contributed by atoms with Crippen LogP contribution >= 0.6 is 0 Å². The molecule has 2 aliphatic heterocycles. The molecule has 5 nitrogen and oxygen atoms in total. The maximum atomic E-state index is 12.7. The van der Waals surface area contributed by atoms with Crippen LogP contribution in [0.25, 0.3) is 0 Å². The van der Waals surface area contributed by atoms with Gasteiger partial charge < -0.3 is 5.32 Å². The van der Waals surface area contributed by atoms with Crippen molar-refractivity contribution in [2.45, 2.75) is 45.1 Å². The van der Waals surface area contributed by atoms with Gasteiger partial charge in [-0.25, -0.2) is 0 Å². The van der Waals surface area contributed by atoms with Crippen LogP contribution in [-0.4, -0.2) is 55.8 Å². The molecule has 3 aliphatic rings. The number of nitrogens with zero attached hydrogens (tertiary/aromatic N) is 2. The van der Waals surface area contributed by atoms with E-state index in [-0.39, 0.29) is 0 Å². The van der Waals surface area contributed by atoms with Crippen molar-refractivity contribution in [3.63, 3.8) is 0 Å². The zero-order valence-electron chi connectivity index (χ0n) is 12.9. The second kappa shape index (κ2) is 6.36. The molecule has 120 valence electrons. The molecule has 0 bridgehead atoms. The Morgan fingerprint density at radius 3 is 2.48 bits per heavy atom. The van der Waals surface area contributed by atoms with Gasteiger partial charge in [0.15, 0.2) is 0 Å². The van der Waals surface area contributed by atoms with Crippen molar-refractivity contribution in [3.8, 4) is 0 Å². The molecule has 1 aliphatic carbocycles. The molecule has 0 aromatic heterocycles. The Labute approximate surface area is 128 Å². The fourth-order valence-corrected chi connectivity index (χ4v) is 4.90. The summed E-state index contributed by atoms with van der Waals surface area (Å²) in [4.78, 5) is 0. The van der Waals surface area contributed by atoms with Crippen LogP contribution in [0.15, 0.2) is 11.6 Å². The van der Waals surface area contributed by atoms with Crippen LogP contribution in [-0.2, 0) is 10.2 Å². The first-order valence-electron chi connectivity index (χ1n) is 8.20. The van der Waals surface area contributed by atoms with Crippen LogP contribution in [0.1, 0.15) is 39.0 Å². The number of hydrogen-bond acceptors (Lipinski definition) is 3. The molecule has 1 saturated heterocycles. The van der Waals surface area contributed by atoms with E-state index in [1.807, 2.05) is 6.92 Å². The van der Waals surface area contributed by atoms with E-state index in [1.165, 1.54) is 12.8 Å². The second-order valence-electron chi connectivity index (χ2n) is 6.71. The van der Waals surface area contributed by atoms with Crippen molar-refractivity contribution in [1.29, 1.82) is 0 Å². The molecule has 3 rings (SSSR count). The topological polar surface area (TPSA) is 52.7 Å². The maximum absolute atomic E-state index is 12.7. The first-order chi connectivity index (χ1) is 10.1. The van der Waals surface area contributed by atoms with Crippen LogP contribution in [0.3, 0.4) is 0 Å². The van der Waals surface area contributed by atoms with E-state index < -0.39 is 10.2 Å². The summed E-state index contributed by atoms with van der Waals surface area (Å²) in [5, 5.41) is 3.56. The second-order valence-corrected chi connectivity index (χ2v) is 8.63. The lowest BCUT2D eigenvalue weighted by Gasteiger charge is -2.36. The first kappa shape index (κ1) is 15.5. The lowest BCUT2D eigenvalue weighted by molar-refractivity contribution is 0.250. The van der Waals surface area contributed by atoms with Crippen molar-refractivity contribution < 1.29 is 8.42 Å². The van der Waals surface area contributed by atoms with Gasteiger partial charge in [-0.05, 0) is 51.5 Å². The molecular weight excluding hydrogens is 286 g/mol. The summed E-state index contributed by atoms with van der Waals surface area (Å²) >= 11 is 0. The summed E-state index contributed by atoms with van der Waals surface area (Å²) < 4.78 is 28.7. The van der Waals surface area contributed by atoms with E-state index >= 15 is 0 Å². The van der Waals surface area contributed by atoms with Gasteiger partial charge in [0.2, 0.25) is 0 Å². The van der Waals surface area contributed by atoms with Crippen LogP contribution in [0.4, 0.5) is 0 Å². The zero-order valence-corrected chi connectivity index (χ0v) is 13.7. The van der Waals surface area contributed by atoms with Crippen LogP contribution in [0.2, 0.25) is 0 Å². The average Bonchev–Trinajstić information content (AvgIpc) is 3.30. The molecule has 6 heteroatoms. The van der Waals surface area contributed by atoms with Crippen LogP contribution < -0.4 is 5.32 Å². The Hall–Kier alpha value is -0.430. The van der Waals surface area contributed by atoms with Crippen LogP contribution in [0, 0.1) is 5.92 Å². The smallest absolute Gasteiger partial charge is 0.282 e. The third-order valence-electron chi connectivity index (χ3n) is 4.80. The summed E-state index contributed by atoms with van der Waals surface area (Å²) in [6.07, 6.45) is 7.59. The molecule has 1 N–H and O–H groups in total. The minimum absolute atomic E-state index is 0.561. The highest BCUT2D eigenvalue weighted by Crippen LogP contribution is 2.24. The number of rotatable bonds is 5. The summed E-state index contributed by atoms with van der Waals surface area (Å²) in [6, 6.07) is 0.745. The zero-order chi connectivity index (χ0) is 14.9. The fraction of sp³-hybridized carbons (Fsp3) is 0.867. The maximum Gasteiger partial charge on any atom is 0.282 e. The third-order valence-corrected chi connectivity index (χ3v) is 6.78. The minimum atomic E-state index is -3.25. The molecular formula is C15H27N3O2S. The van der Waals surface area contributed by atoms with Crippen molar-refractivity contribution >= 4 is 10.2 Å². The van der Waals surface area contributed by atoms with Gasteiger partial charge in [-0.15, -0.1) is 0 Å². The van der Waals surface area contributed by atoms with Gasteiger partial charge in [-0.3, -0.25) is 0 Å². The van der Waals surface area contributed by atoms with Gasteiger partial charge in [0.25, 0.3) is 10.2 Å². The van der Waals surface area contributed by atoms with Gasteiger partial charge >= 0.3 is 0 Å². The molecule has 2 fully saturated rings. The highest BCUT2D eigenvalue weighted by atomic mass is 32.2. The quantitative estimate of drug-likeness (QED) is 0.780.